The molecule has 1 aliphatic heterocycles. The first-order valence-electron chi connectivity index (χ1n) is 6.64. The first-order chi connectivity index (χ1) is 7.44. The number of hydrogen-bond acceptors (Lipinski definition) is 3. The molecule has 2 aliphatic rings. The molecule has 0 atom stereocenters. The van der Waals surface area contributed by atoms with Gasteiger partial charge in [-0.3, -0.25) is 4.90 Å². The fourth-order valence-corrected chi connectivity index (χ4v) is 2.80. The Hall–Kier alpha value is -0.120. The Balaban J connectivity index is 1.68. The number of hydrogen-bond donors (Lipinski definition) is 1. The lowest BCUT2D eigenvalue weighted by Gasteiger charge is -2.47. The summed E-state index contributed by atoms with van der Waals surface area (Å²) in [5, 5.41) is 3.70. The number of nitrogens with zero attached hydrogens (tertiary/aromatic N) is 2. The van der Waals surface area contributed by atoms with Crippen LogP contribution in [0, 0.1) is 0 Å². The largest absolute Gasteiger partial charge is 0.309 e. The van der Waals surface area contributed by atoms with Gasteiger partial charge in [-0.2, -0.15) is 0 Å². The first-order valence-corrected chi connectivity index (χ1v) is 6.64. The highest BCUT2D eigenvalue weighted by molar-refractivity contribution is 4.95. The lowest BCUT2D eigenvalue weighted by molar-refractivity contribution is 0.0468. The highest BCUT2D eigenvalue weighted by Gasteiger charge is 2.35. The highest BCUT2D eigenvalue weighted by Crippen LogP contribution is 2.27. The summed E-state index contributed by atoms with van der Waals surface area (Å²) < 4.78 is 0. The molecular weight excluding hydrogens is 198 g/mol. The molecule has 1 N–H and O–H groups in total. The molecule has 2 rings (SSSR count). The summed E-state index contributed by atoms with van der Waals surface area (Å²) >= 11 is 0. The maximum Gasteiger partial charge on any atom is 0.0126 e. The van der Waals surface area contributed by atoms with Crippen molar-refractivity contribution >= 4 is 0 Å². The van der Waals surface area contributed by atoms with E-state index in [0.717, 1.165) is 12.1 Å². The highest BCUT2D eigenvalue weighted by atomic mass is 15.3. The van der Waals surface area contributed by atoms with Gasteiger partial charge in [0.25, 0.3) is 0 Å². The average Bonchev–Trinajstić information content (AvgIpc) is 2.11. The Labute approximate surface area is 100 Å². The normalized spacial score (nSPS) is 33.8. The van der Waals surface area contributed by atoms with Gasteiger partial charge in [-0.1, -0.05) is 0 Å². The molecule has 0 amide bonds. The van der Waals surface area contributed by atoms with Crippen LogP contribution in [-0.4, -0.2) is 60.6 Å². The van der Waals surface area contributed by atoms with E-state index in [-0.39, 0.29) is 5.54 Å². The van der Waals surface area contributed by atoms with Crippen molar-refractivity contribution in [2.75, 3.05) is 33.2 Å². The molecule has 0 aromatic carbocycles. The summed E-state index contributed by atoms with van der Waals surface area (Å²) in [7, 11) is 2.22. The molecule has 0 aromatic heterocycles. The number of piperazine rings is 1. The molecular formula is C13H27N3. The van der Waals surface area contributed by atoms with E-state index in [9.17, 15) is 0 Å². The zero-order chi connectivity index (χ0) is 11.8. The number of nitrogens with one attached hydrogen (secondary N) is 1. The van der Waals surface area contributed by atoms with E-state index in [1.807, 2.05) is 0 Å². The summed E-state index contributed by atoms with van der Waals surface area (Å²) in [6.45, 7) is 11.8. The van der Waals surface area contributed by atoms with Crippen LogP contribution in [0.25, 0.3) is 0 Å². The van der Waals surface area contributed by atoms with Crippen molar-refractivity contribution in [1.82, 2.24) is 15.1 Å². The average molecular weight is 225 g/mol. The minimum Gasteiger partial charge on any atom is -0.309 e. The molecule has 0 bridgehead atoms. The summed E-state index contributed by atoms with van der Waals surface area (Å²) in [6.07, 6.45) is 2.70. The molecule has 3 nitrogen and oxygen atoms in total. The van der Waals surface area contributed by atoms with Crippen molar-refractivity contribution in [3.8, 4) is 0 Å². The lowest BCUT2D eigenvalue weighted by Crippen LogP contribution is -2.59. The predicted octanol–water partition coefficient (Wildman–Crippen LogP) is 1.15. The van der Waals surface area contributed by atoms with Gasteiger partial charge in [0.1, 0.15) is 0 Å². The monoisotopic (exact) mass is 225 g/mol. The zero-order valence-corrected chi connectivity index (χ0v) is 11.3. The van der Waals surface area contributed by atoms with Crippen molar-refractivity contribution < 1.29 is 0 Å². The van der Waals surface area contributed by atoms with Crippen LogP contribution in [0.5, 0.6) is 0 Å². The van der Waals surface area contributed by atoms with Crippen LogP contribution in [0.4, 0.5) is 0 Å². The quantitative estimate of drug-likeness (QED) is 0.760. The molecule has 94 valence electrons. The summed E-state index contributed by atoms with van der Waals surface area (Å²) in [5.74, 6) is 0. The van der Waals surface area contributed by atoms with Crippen LogP contribution >= 0.6 is 0 Å². The van der Waals surface area contributed by atoms with Gasteiger partial charge in [0, 0.05) is 43.8 Å². The second-order valence-electron chi connectivity index (χ2n) is 6.56. The van der Waals surface area contributed by atoms with Gasteiger partial charge in [-0.05, 0) is 40.7 Å². The van der Waals surface area contributed by atoms with E-state index in [1.165, 1.54) is 39.0 Å². The first kappa shape index (κ1) is 12.3. The Morgan fingerprint density at radius 3 is 2.06 bits per heavy atom. The minimum absolute atomic E-state index is 0.276. The van der Waals surface area contributed by atoms with Gasteiger partial charge in [-0.15, -0.1) is 0 Å². The Bertz CT molecular complexity index is 220. The molecule has 3 heteroatoms. The third kappa shape index (κ3) is 3.19. The van der Waals surface area contributed by atoms with Gasteiger partial charge in [0.2, 0.25) is 0 Å². The van der Waals surface area contributed by atoms with Crippen molar-refractivity contribution in [3.05, 3.63) is 0 Å². The molecule has 0 aromatic rings. The zero-order valence-electron chi connectivity index (χ0n) is 11.3. The second kappa shape index (κ2) is 4.63. The van der Waals surface area contributed by atoms with E-state index in [0.29, 0.717) is 0 Å². The maximum atomic E-state index is 3.70. The Morgan fingerprint density at radius 2 is 1.56 bits per heavy atom. The molecule has 1 aliphatic carbocycles. The second-order valence-corrected chi connectivity index (χ2v) is 6.56. The third-order valence-electron chi connectivity index (χ3n) is 3.80. The standard InChI is InChI=1S/C13H27N3/c1-13(2,3)14-11-9-12(10-11)16-7-5-15(4)6-8-16/h11-12,14H,5-10H2,1-4H3/t11-,12+. The van der Waals surface area contributed by atoms with Gasteiger partial charge < -0.3 is 10.2 Å². The van der Waals surface area contributed by atoms with E-state index >= 15 is 0 Å². The molecule has 2 fully saturated rings. The fraction of sp³-hybridized carbons (Fsp3) is 1.00. The van der Waals surface area contributed by atoms with E-state index < -0.39 is 0 Å². The van der Waals surface area contributed by atoms with Crippen LogP contribution < -0.4 is 5.32 Å². The third-order valence-corrected chi connectivity index (χ3v) is 3.80. The van der Waals surface area contributed by atoms with Crippen LogP contribution in [-0.2, 0) is 0 Å². The van der Waals surface area contributed by atoms with Crippen LogP contribution in [0.1, 0.15) is 33.6 Å². The summed E-state index contributed by atoms with van der Waals surface area (Å²) in [4.78, 5) is 5.11. The molecule has 1 heterocycles. The van der Waals surface area contributed by atoms with Crippen LogP contribution in [0.3, 0.4) is 0 Å². The predicted molar refractivity (Wildman–Crippen MR) is 68.8 cm³/mol. The summed E-state index contributed by atoms with van der Waals surface area (Å²) in [5.41, 5.74) is 0.276. The molecule has 0 spiro atoms. The molecule has 1 saturated carbocycles. The van der Waals surface area contributed by atoms with Crippen molar-refractivity contribution in [2.45, 2.75) is 51.2 Å². The minimum atomic E-state index is 0.276. The van der Waals surface area contributed by atoms with Gasteiger partial charge in [-0.25, -0.2) is 0 Å². The fourth-order valence-electron chi connectivity index (χ4n) is 2.80. The van der Waals surface area contributed by atoms with Gasteiger partial charge in [0.05, 0.1) is 0 Å². The molecule has 16 heavy (non-hydrogen) atoms. The Morgan fingerprint density at radius 1 is 1.00 bits per heavy atom. The SMILES string of the molecule is CN1CCN([C@H]2C[C@@H](NC(C)(C)C)C2)CC1. The molecule has 0 unspecified atom stereocenters. The maximum absolute atomic E-state index is 3.70. The van der Waals surface area contributed by atoms with Crippen molar-refractivity contribution in [1.29, 1.82) is 0 Å². The molecule has 1 saturated heterocycles. The Kier molecular flexibility index (Phi) is 3.57. The van der Waals surface area contributed by atoms with Crippen molar-refractivity contribution in [3.63, 3.8) is 0 Å². The number of likely N-dealkylation sites (N-methyl/N-ethyl adjacent to an activating group) is 1. The van der Waals surface area contributed by atoms with E-state index in [2.05, 4.69) is 42.9 Å². The van der Waals surface area contributed by atoms with E-state index in [1.54, 1.807) is 0 Å². The van der Waals surface area contributed by atoms with E-state index in [4.69, 9.17) is 0 Å². The number of rotatable bonds is 2. The lowest BCUT2D eigenvalue weighted by atomic mass is 9.83. The van der Waals surface area contributed by atoms with Gasteiger partial charge in [0.15, 0.2) is 0 Å². The smallest absolute Gasteiger partial charge is 0.0126 e. The topological polar surface area (TPSA) is 18.5 Å². The van der Waals surface area contributed by atoms with Crippen LogP contribution in [0.2, 0.25) is 0 Å². The van der Waals surface area contributed by atoms with Crippen molar-refractivity contribution in [2.24, 2.45) is 0 Å². The molecule has 0 radical (unpaired) electrons. The summed E-state index contributed by atoms with van der Waals surface area (Å²) in [6, 6.07) is 1.61. The van der Waals surface area contributed by atoms with Crippen LogP contribution in [0.15, 0.2) is 0 Å². The van der Waals surface area contributed by atoms with Gasteiger partial charge >= 0.3 is 0 Å².